The number of primary amides is 1. The maximum Gasteiger partial charge on any atom is 0.248 e. The summed E-state index contributed by atoms with van der Waals surface area (Å²) in [6.07, 6.45) is 0. The Morgan fingerprint density at radius 3 is 2.61 bits per heavy atom. The summed E-state index contributed by atoms with van der Waals surface area (Å²) in [6, 6.07) is 5.45. The Labute approximate surface area is 108 Å². The normalized spacial score (nSPS) is 11.6. The Hall–Kier alpha value is -1.39. The highest BCUT2D eigenvalue weighted by atomic mass is 16.3. The van der Waals surface area contributed by atoms with Crippen LogP contribution in [0.2, 0.25) is 0 Å². The number of hydrogen-bond donors (Lipinski definition) is 3. The van der Waals surface area contributed by atoms with Gasteiger partial charge in [0, 0.05) is 30.7 Å². The zero-order valence-electron chi connectivity index (χ0n) is 11.3. The number of carbonyl (C=O) groups excluding carboxylic acids is 1. The molecular weight excluding hydrogens is 228 g/mol. The highest BCUT2D eigenvalue weighted by Gasteiger charge is 2.15. The number of benzene rings is 1. The van der Waals surface area contributed by atoms with Gasteiger partial charge in [0.05, 0.1) is 0 Å². The third-order valence-corrected chi connectivity index (χ3v) is 2.97. The van der Waals surface area contributed by atoms with E-state index < -0.39 is 5.91 Å². The van der Waals surface area contributed by atoms with E-state index in [1.54, 1.807) is 12.1 Å². The number of rotatable bonds is 6. The summed E-state index contributed by atoms with van der Waals surface area (Å²) in [7, 11) is 0. The lowest BCUT2D eigenvalue weighted by molar-refractivity contribution is 0.1000. The van der Waals surface area contributed by atoms with Crippen LogP contribution in [0.15, 0.2) is 18.2 Å². The van der Waals surface area contributed by atoms with E-state index in [4.69, 9.17) is 10.8 Å². The van der Waals surface area contributed by atoms with E-state index in [1.807, 2.05) is 26.8 Å². The van der Waals surface area contributed by atoms with Crippen molar-refractivity contribution in [2.45, 2.75) is 27.3 Å². The predicted molar refractivity (Wildman–Crippen MR) is 72.3 cm³/mol. The van der Waals surface area contributed by atoms with Gasteiger partial charge in [0.2, 0.25) is 5.91 Å². The van der Waals surface area contributed by atoms with Gasteiger partial charge in [-0.1, -0.05) is 19.9 Å². The molecule has 0 aliphatic rings. The molecule has 1 aromatic carbocycles. The van der Waals surface area contributed by atoms with Gasteiger partial charge >= 0.3 is 0 Å². The molecule has 4 N–H and O–H groups in total. The van der Waals surface area contributed by atoms with Crippen molar-refractivity contribution < 1.29 is 9.90 Å². The number of nitrogens with one attached hydrogen (secondary N) is 1. The minimum Gasteiger partial charge on any atom is -0.396 e. The third kappa shape index (κ3) is 4.13. The van der Waals surface area contributed by atoms with E-state index >= 15 is 0 Å². The van der Waals surface area contributed by atoms with Crippen molar-refractivity contribution in [1.29, 1.82) is 0 Å². The fraction of sp³-hybridized carbons (Fsp3) is 0.500. The van der Waals surface area contributed by atoms with Crippen molar-refractivity contribution >= 4 is 5.91 Å². The summed E-state index contributed by atoms with van der Waals surface area (Å²) < 4.78 is 0. The Balaban J connectivity index is 2.61. The van der Waals surface area contributed by atoms with Crippen molar-refractivity contribution in [2.75, 3.05) is 13.2 Å². The molecule has 0 unspecified atom stereocenters. The lowest BCUT2D eigenvalue weighted by Crippen LogP contribution is -2.32. The monoisotopic (exact) mass is 250 g/mol. The first kappa shape index (κ1) is 14.7. The standard InChI is InChI=1S/C14H22N2O2/c1-10-6-11(13(15)18)4-5-12(10)7-16-8-14(2,3)9-17/h4-6,16-17H,7-9H2,1-3H3,(H2,15,18). The zero-order valence-corrected chi connectivity index (χ0v) is 11.3. The molecule has 1 aromatic rings. The van der Waals surface area contributed by atoms with Gasteiger partial charge in [-0.3, -0.25) is 4.79 Å². The number of aliphatic hydroxyl groups is 1. The van der Waals surface area contributed by atoms with Gasteiger partial charge in [0.1, 0.15) is 0 Å². The number of nitrogens with two attached hydrogens (primary N) is 1. The third-order valence-electron chi connectivity index (χ3n) is 2.97. The van der Waals surface area contributed by atoms with Crippen molar-refractivity contribution in [3.05, 3.63) is 34.9 Å². The Morgan fingerprint density at radius 1 is 1.44 bits per heavy atom. The molecule has 0 aromatic heterocycles. The van der Waals surface area contributed by atoms with Gasteiger partial charge in [0.15, 0.2) is 0 Å². The predicted octanol–water partition coefficient (Wildman–Crippen LogP) is 1.20. The van der Waals surface area contributed by atoms with Crippen LogP contribution in [0, 0.1) is 12.3 Å². The summed E-state index contributed by atoms with van der Waals surface area (Å²) >= 11 is 0. The Kier molecular flexibility index (Phi) is 4.87. The van der Waals surface area contributed by atoms with Crippen LogP contribution in [0.5, 0.6) is 0 Å². The molecule has 4 nitrogen and oxygen atoms in total. The van der Waals surface area contributed by atoms with Crippen molar-refractivity contribution in [2.24, 2.45) is 11.1 Å². The topological polar surface area (TPSA) is 75.4 Å². The van der Waals surface area contributed by atoms with Crippen LogP contribution in [0.25, 0.3) is 0 Å². The fourth-order valence-corrected chi connectivity index (χ4v) is 1.64. The van der Waals surface area contributed by atoms with Gasteiger partial charge in [-0.15, -0.1) is 0 Å². The van der Waals surface area contributed by atoms with Crippen LogP contribution in [-0.4, -0.2) is 24.2 Å². The molecule has 0 saturated heterocycles. The first-order valence-corrected chi connectivity index (χ1v) is 6.06. The number of amides is 1. The molecule has 18 heavy (non-hydrogen) atoms. The largest absolute Gasteiger partial charge is 0.396 e. The van der Waals surface area contributed by atoms with Crippen LogP contribution in [-0.2, 0) is 6.54 Å². The molecule has 1 rings (SSSR count). The average molecular weight is 250 g/mol. The number of aryl methyl sites for hydroxylation is 1. The summed E-state index contributed by atoms with van der Waals surface area (Å²) in [5.74, 6) is -0.404. The summed E-state index contributed by atoms with van der Waals surface area (Å²) in [5.41, 5.74) is 7.81. The van der Waals surface area contributed by atoms with Crippen LogP contribution in [0.3, 0.4) is 0 Å². The lowest BCUT2D eigenvalue weighted by atomic mass is 9.95. The highest BCUT2D eigenvalue weighted by Crippen LogP contribution is 2.14. The number of carbonyl (C=O) groups is 1. The quantitative estimate of drug-likeness (QED) is 0.710. The molecule has 0 fully saturated rings. The van der Waals surface area contributed by atoms with E-state index in [1.165, 1.54) is 0 Å². The maximum atomic E-state index is 11.0. The highest BCUT2D eigenvalue weighted by molar-refractivity contribution is 5.93. The van der Waals surface area contributed by atoms with E-state index in [0.717, 1.165) is 17.7 Å². The number of hydrogen-bond acceptors (Lipinski definition) is 3. The minimum absolute atomic E-state index is 0.124. The molecule has 0 aliphatic heterocycles. The molecule has 0 atom stereocenters. The first-order valence-electron chi connectivity index (χ1n) is 6.06. The Bertz CT molecular complexity index is 428. The van der Waals surface area contributed by atoms with E-state index in [0.29, 0.717) is 12.1 Å². The first-order chi connectivity index (χ1) is 8.35. The van der Waals surface area contributed by atoms with Crippen LogP contribution < -0.4 is 11.1 Å². The molecular formula is C14H22N2O2. The molecule has 0 saturated carbocycles. The second-order valence-corrected chi connectivity index (χ2v) is 5.43. The zero-order chi connectivity index (χ0) is 13.8. The minimum atomic E-state index is -0.404. The summed E-state index contributed by atoms with van der Waals surface area (Å²) in [6.45, 7) is 7.57. The van der Waals surface area contributed by atoms with Crippen molar-refractivity contribution in [1.82, 2.24) is 5.32 Å². The lowest BCUT2D eigenvalue weighted by Gasteiger charge is -2.22. The van der Waals surface area contributed by atoms with Crippen LogP contribution in [0.1, 0.15) is 35.3 Å². The van der Waals surface area contributed by atoms with E-state index in [2.05, 4.69) is 5.32 Å². The smallest absolute Gasteiger partial charge is 0.248 e. The fourth-order valence-electron chi connectivity index (χ4n) is 1.64. The van der Waals surface area contributed by atoms with Gasteiger partial charge in [-0.25, -0.2) is 0 Å². The summed E-state index contributed by atoms with van der Waals surface area (Å²) in [5, 5.41) is 12.5. The molecule has 4 heteroatoms. The second-order valence-electron chi connectivity index (χ2n) is 5.43. The van der Waals surface area contributed by atoms with Crippen molar-refractivity contribution in [3.63, 3.8) is 0 Å². The van der Waals surface area contributed by atoms with Crippen LogP contribution >= 0.6 is 0 Å². The molecule has 0 heterocycles. The van der Waals surface area contributed by atoms with E-state index in [-0.39, 0.29) is 12.0 Å². The van der Waals surface area contributed by atoms with E-state index in [9.17, 15) is 4.79 Å². The maximum absolute atomic E-state index is 11.0. The summed E-state index contributed by atoms with van der Waals surface area (Å²) in [4.78, 5) is 11.0. The Morgan fingerprint density at radius 2 is 2.11 bits per heavy atom. The molecule has 0 radical (unpaired) electrons. The van der Waals surface area contributed by atoms with Gasteiger partial charge in [-0.2, -0.15) is 0 Å². The SMILES string of the molecule is Cc1cc(C(N)=O)ccc1CNCC(C)(C)CO. The van der Waals surface area contributed by atoms with Gasteiger partial charge in [0.25, 0.3) is 0 Å². The molecule has 0 aliphatic carbocycles. The van der Waals surface area contributed by atoms with Gasteiger partial charge < -0.3 is 16.2 Å². The van der Waals surface area contributed by atoms with Crippen LogP contribution in [0.4, 0.5) is 0 Å². The molecule has 0 bridgehead atoms. The van der Waals surface area contributed by atoms with Gasteiger partial charge in [-0.05, 0) is 30.2 Å². The number of aliphatic hydroxyl groups excluding tert-OH is 1. The average Bonchev–Trinajstić information content (AvgIpc) is 2.31. The molecule has 1 amide bonds. The molecule has 100 valence electrons. The van der Waals surface area contributed by atoms with Crippen molar-refractivity contribution in [3.8, 4) is 0 Å². The second kappa shape index (κ2) is 5.98. The molecule has 0 spiro atoms.